The van der Waals surface area contributed by atoms with Crippen LogP contribution in [-0.4, -0.2) is 78.2 Å². The number of aromatic nitrogens is 3. The molecule has 3 aliphatic heterocycles. The number of rotatable bonds is 5. The zero-order chi connectivity index (χ0) is 25.2. The van der Waals surface area contributed by atoms with Gasteiger partial charge in [-0.05, 0) is 37.8 Å². The number of amides is 2. The number of nitrogens with zero attached hydrogens (tertiary/aromatic N) is 7. The van der Waals surface area contributed by atoms with Crippen molar-refractivity contribution in [3.63, 3.8) is 0 Å². The van der Waals surface area contributed by atoms with Crippen LogP contribution in [0.2, 0.25) is 0 Å². The van der Waals surface area contributed by atoms with Gasteiger partial charge in [-0.15, -0.1) is 11.3 Å². The third-order valence-electron chi connectivity index (χ3n) is 7.26. The molecule has 194 valence electrons. The first kappa shape index (κ1) is 24.4. The second kappa shape index (κ2) is 10.8. The van der Waals surface area contributed by atoms with Crippen molar-refractivity contribution >= 4 is 56.0 Å². The average molecular weight is 584 g/mol. The van der Waals surface area contributed by atoms with Gasteiger partial charge < -0.3 is 19.6 Å². The Morgan fingerprint density at radius 2 is 1.38 bits per heavy atom. The van der Waals surface area contributed by atoms with Gasteiger partial charge in [-0.2, -0.15) is 9.97 Å². The molecular formula is C26H31BrN8OS. The fourth-order valence-electron chi connectivity index (χ4n) is 5.13. The van der Waals surface area contributed by atoms with Crippen LogP contribution in [0.4, 0.5) is 27.5 Å². The highest BCUT2D eigenvalue weighted by atomic mass is 79.9. The number of nitrogens with one attached hydrogen (secondary N) is 1. The minimum Gasteiger partial charge on any atom is -0.356 e. The number of anilines is 4. The SMILES string of the molecule is O=C(Nc1nc(-c2ccc(Br)cc2)cs1)N1CCN(c2cc(N3CCCC3)nc(N3CCCC3)n2)CC1. The summed E-state index contributed by atoms with van der Waals surface area (Å²) in [6.45, 7) is 6.93. The van der Waals surface area contributed by atoms with Gasteiger partial charge in [0, 0.05) is 73.8 Å². The molecule has 3 aromatic rings. The van der Waals surface area contributed by atoms with Crippen LogP contribution >= 0.6 is 27.3 Å². The Labute approximate surface area is 229 Å². The standard InChI is InChI=1S/C26H31BrN8OS/c27-20-7-5-19(6-8-20)21-18-37-25(28-21)31-26(36)35-15-13-33(14-16-35)23-17-22(32-9-1-2-10-32)29-24(30-23)34-11-3-4-12-34/h5-8,17-18H,1-4,9-16H2,(H,28,31,36). The molecule has 0 atom stereocenters. The van der Waals surface area contributed by atoms with Crippen LogP contribution in [0.25, 0.3) is 11.3 Å². The molecule has 3 saturated heterocycles. The molecule has 0 spiro atoms. The molecule has 37 heavy (non-hydrogen) atoms. The predicted octanol–water partition coefficient (Wildman–Crippen LogP) is 4.92. The Bertz CT molecular complexity index is 1200. The van der Waals surface area contributed by atoms with E-state index in [-0.39, 0.29) is 6.03 Å². The maximum absolute atomic E-state index is 13.0. The lowest BCUT2D eigenvalue weighted by molar-refractivity contribution is 0.208. The highest BCUT2D eigenvalue weighted by Gasteiger charge is 2.26. The normalized spacial score (nSPS) is 18.1. The molecule has 2 amide bonds. The predicted molar refractivity (Wildman–Crippen MR) is 153 cm³/mol. The topological polar surface area (TPSA) is 80.7 Å². The van der Waals surface area contributed by atoms with Gasteiger partial charge in [0.25, 0.3) is 0 Å². The van der Waals surface area contributed by atoms with Crippen LogP contribution in [0, 0.1) is 0 Å². The minimum absolute atomic E-state index is 0.102. The van der Waals surface area contributed by atoms with Gasteiger partial charge in [0.2, 0.25) is 5.95 Å². The molecule has 1 N–H and O–H groups in total. The highest BCUT2D eigenvalue weighted by molar-refractivity contribution is 9.10. The van der Waals surface area contributed by atoms with Crippen molar-refractivity contribution in [1.29, 1.82) is 0 Å². The van der Waals surface area contributed by atoms with E-state index >= 15 is 0 Å². The van der Waals surface area contributed by atoms with E-state index in [4.69, 9.17) is 9.97 Å². The lowest BCUT2D eigenvalue weighted by Crippen LogP contribution is -2.50. The molecule has 0 aliphatic carbocycles. The fourth-order valence-corrected chi connectivity index (χ4v) is 6.11. The van der Waals surface area contributed by atoms with E-state index in [0.717, 1.165) is 72.6 Å². The lowest BCUT2D eigenvalue weighted by atomic mass is 10.2. The molecule has 9 nitrogen and oxygen atoms in total. The third-order valence-corrected chi connectivity index (χ3v) is 8.54. The maximum Gasteiger partial charge on any atom is 0.323 e. The number of benzene rings is 1. The van der Waals surface area contributed by atoms with Gasteiger partial charge in [-0.25, -0.2) is 9.78 Å². The van der Waals surface area contributed by atoms with E-state index < -0.39 is 0 Å². The van der Waals surface area contributed by atoms with Crippen LogP contribution in [-0.2, 0) is 0 Å². The lowest BCUT2D eigenvalue weighted by Gasteiger charge is -2.35. The van der Waals surface area contributed by atoms with E-state index in [9.17, 15) is 4.79 Å². The summed E-state index contributed by atoms with van der Waals surface area (Å²) in [5, 5.41) is 5.58. The van der Waals surface area contributed by atoms with E-state index in [1.54, 1.807) is 0 Å². The van der Waals surface area contributed by atoms with Crippen molar-refractivity contribution in [2.45, 2.75) is 25.7 Å². The zero-order valence-electron chi connectivity index (χ0n) is 20.8. The molecule has 6 rings (SSSR count). The molecule has 0 saturated carbocycles. The second-order valence-electron chi connectivity index (χ2n) is 9.72. The number of piperazine rings is 1. The number of carbonyl (C=O) groups excluding carboxylic acids is 1. The molecular weight excluding hydrogens is 552 g/mol. The van der Waals surface area contributed by atoms with Crippen molar-refractivity contribution in [3.05, 3.63) is 40.2 Å². The minimum atomic E-state index is -0.102. The van der Waals surface area contributed by atoms with Crippen LogP contribution in [0.5, 0.6) is 0 Å². The van der Waals surface area contributed by atoms with Crippen LogP contribution < -0.4 is 20.0 Å². The van der Waals surface area contributed by atoms with Gasteiger partial charge in [0.1, 0.15) is 11.6 Å². The van der Waals surface area contributed by atoms with Crippen LogP contribution in [0.3, 0.4) is 0 Å². The van der Waals surface area contributed by atoms with Gasteiger partial charge in [-0.3, -0.25) is 5.32 Å². The van der Waals surface area contributed by atoms with Crippen molar-refractivity contribution in [2.75, 3.05) is 72.4 Å². The Hall–Kier alpha value is -2.92. The molecule has 3 fully saturated rings. The molecule has 1 aromatic carbocycles. The summed E-state index contributed by atoms with van der Waals surface area (Å²) in [4.78, 5) is 36.3. The molecule has 11 heteroatoms. The Kier molecular flexibility index (Phi) is 7.14. The quantitative estimate of drug-likeness (QED) is 0.457. The summed E-state index contributed by atoms with van der Waals surface area (Å²) in [6, 6.07) is 10.1. The number of carbonyl (C=O) groups is 1. The number of hydrogen-bond acceptors (Lipinski definition) is 8. The molecule has 3 aliphatic rings. The summed E-state index contributed by atoms with van der Waals surface area (Å²) < 4.78 is 1.03. The Morgan fingerprint density at radius 1 is 0.784 bits per heavy atom. The number of thiazole rings is 1. The largest absolute Gasteiger partial charge is 0.356 e. The van der Waals surface area contributed by atoms with Crippen molar-refractivity contribution < 1.29 is 4.79 Å². The van der Waals surface area contributed by atoms with Crippen molar-refractivity contribution in [1.82, 2.24) is 19.9 Å². The van der Waals surface area contributed by atoms with E-state index in [2.05, 4.69) is 47.0 Å². The molecule has 0 unspecified atom stereocenters. The number of urea groups is 1. The van der Waals surface area contributed by atoms with E-state index in [1.165, 1.54) is 37.0 Å². The Morgan fingerprint density at radius 3 is 2.03 bits per heavy atom. The summed E-state index contributed by atoms with van der Waals surface area (Å²) in [5.41, 5.74) is 1.89. The molecule has 2 aromatic heterocycles. The van der Waals surface area contributed by atoms with Gasteiger partial charge in [-0.1, -0.05) is 28.1 Å². The van der Waals surface area contributed by atoms with Gasteiger partial charge >= 0.3 is 6.03 Å². The van der Waals surface area contributed by atoms with E-state index in [0.29, 0.717) is 18.2 Å². The maximum atomic E-state index is 13.0. The smallest absolute Gasteiger partial charge is 0.323 e. The number of halogens is 1. The van der Waals surface area contributed by atoms with Crippen molar-refractivity contribution in [2.24, 2.45) is 0 Å². The average Bonchev–Trinajstić information content (AvgIpc) is 3.72. The summed E-state index contributed by atoms with van der Waals surface area (Å²) in [5.74, 6) is 2.86. The molecule has 0 bridgehead atoms. The second-order valence-corrected chi connectivity index (χ2v) is 11.5. The van der Waals surface area contributed by atoms with Crippen molar-refractivity contribution in [3.8, 4) is 11.3 Å². The molecule has 5 heterocycles. The zero-order valence-corrected chi connectivity index (χ0v) is 23.2. The first-order chi connectivity index (χ1) is 18.1. The monoisotopic (exact) mass is 582 g/mol. The molecule has 0 radical (unpaired) electrons. The summed E-state index contributed by atoms with van der Waals surface area (Å²) >= 11 is 4.91. The van der Waals surface area contributed by atoms with E-state index in [1.807, 2.05) is 34.5 Å². The first-order valence-electron chi connectivity index (χ1n) is 13.0. The third kappa shape index (κ3) is 5.52. The Balaban J connectivity index is 1.10. The van der Waals surface area contributed by atoms with Gasteiger partial charge in [0.15, 0.2) is 5.13 Å². The fraction of sp³-hybridized carbons (Fsp3) is 0.462. The first-order valence-corrected chi connectivity index (χ1v) is 14.7. The van der Waals surface area contributed by atoms with Gasteiger partial charge in [0.05, 0.1) is 5.69 Å². The summed E-state index contributed by atoms with van der Waals surface area (Å²) in [7, 11) is 0. The van der Waals surface area contributed by atoms with Crippen LogP contribution in [0.15, 0.2) is 40.2 Å². The van der Waals surface area contributed by atoms with Crippen LogP contribution in [0.1, 0.15) is 25.7 Å². The highest BCUT2D eigenvalue weighted by Crippen LogP contribution is 2.29. The number of hydrogen-bond donors (Lipinski definition) is 1. The summed E-state index contributed by atoms with van der Waals surface area (Å²) in [6.07, 6.45) is 4.83.